The highest BCUT2D eigenvalue weighted by molar-refractivity contribution is 7.71. The maximum Gasteiger partial charge on any atom is 0.222 e. The second-order valence-corrected chi connectivity index (χ2v) is 8.41. The first-order valence-electron chi connectivity index (χ1n) is 10.6. The number of hydrogen-bond acceptors (Lipinski definition) is 3. The second-order valence-electron chi connectivity index (χ2n) is 8.03. The summed E-state index contributed by atoms with van der Waals surface area (Å²) in [5, 5.41) is 10.5. The van der Waals surface area contributed by atoms with E-state index in [9.17, 15) is 4.79 Å². The average molecular weight is 443 g/mol. The molecule has 0 spiro atoms. The largest absolute Gasteiger partial charge is 0.343 e. The van der Waals surface area contributed by atoms with Crippen molar-refractivity contribution in [1.29, 1.82) is 0 Å². The lowest BCUT2D eigenvalue weighted by Crippen LogP contribution is -2.44. The zero-order valence-electron chi connectivity index (χ0n) is 18.2. The molecule has 0 fully saturated rings. The molecular weight excluding hydrogens is 416 g/mol. The van der Waals surface area contributed by atoms with Gasteiger partial charge in [-0.3, -0.25) is 14.5 Å². The maximum absolute atomic E-state index is 13.1. The molecule has 5 nitrogen and oxygen atoms in total. The van der Waals surface area contributed by atoms with E-state index in [2.05, 4.69) is 15.5 Å². The monoisotopic (exact) mass is 442 g/mol. The van der Waals surface area contributed by atoms with E-state index in [1.807, 2.05) is 103 Å². The topological polar surface area (TPSA) is 62.7 Å². The van der Waals surface area contributed by atoms with E-state index in [4.69, 9.17) is 12.2 Å². The van der Waals surface area contributed by atoms with Crippen molar-refractivity contribution < 1.29 is 4.79 Å². The summed E-state index contributed by atoms with van der Waals surface area (Å²) >= 11 is 5.43. The van der Waals surface area contributed by atoms with Gasteiger partial charge in [0.25, 0.3) is 0 Å². The first-order valence-corrected chi connectivity index (χ1v) is 11.0. The Kier molecular flexibility index (Phi) is 6.32. The molecule has 0 saturated carbocycles. The van der Waals surface area contributed by atoms with Crippen LogP contribution in [0, 0.1) is 11.7 Å². The number of aromatic nitrogens is 3. The fourth-order valence-electron chi connectivity index (χ4n) is 3.86. The molecule has 0 aliphatic rings. The predicted molar refractivity (Wildman–Crippen MR) is 130 cm³/mol. The van der Waals surface area contributed by atoms with Gasteiger partial charge in [-0.05, 0) is 37.2 Å². The standard InChI is InChI=1S/C26H26N4OS/c1-19-13-15-20(16-14-19)24-28-29-25(32)30(24)18-17-23(31)27-26(2,21-9-5-3-6-10-21)22-11-7-4-8-12-22/h3-16H,17-18H2,1-2H3,(H,27,31)(H,29,32). The van der Waals surface area contributed by atoms with Crippen LogP contribution in [0.2, 0.25) is 0 Å². The Morgan fingerprint density at radius 3 is 2.09 bits per heavy atom. The van der Waals surface area contributed by atoms with E-state index >= 15 is 0 Å². The van der Waals surface area contributed by atoms with E-state index in [1.165, 1.54) is 5.56 Å². The third kappa shape index (κ3) is 4.55. The van der Waals surface area contributed by atoms with Crippen LogP contribution < -0.4 is 5.32 Å². The first-order chi connectivity index (χ1) is 15.5. The van der Waals surface area contributed by atoms with Gasteiger partial charge >= 0.3 is 0 Å². The van der Waals surface area contributed by atoms with Gasteiger partial charge < -0.3 is 5.32 Å². The van der Waals surface area contributed by atoms with Gasteiger partial charge in [0.1, 0.15) is 0 Å². The van der Waals surface area contributed by atoms with Gasteiger partial charge in [-0.15, -0.1) is 0 Å². The molecule has 0 atom stereocenters. The highest BCUT2D eigenvalue weighted by Crippen LogP contribution is 2.29. The fourth-order valence-corrected chi connectivity index (χ4v) is 4.08. The molecule has 0 unspecified atom stereocenters. The summed E-state index contributed by atoms with van der Waals surface area (Å²) in [6, 6.07) is 28.1. The smallest absolute Gasteiger partial charge is 0.222 e. The van der Waals surface area contributed by atoms with Gasteiger partial charge in [0.2, 0.25) is 5.91 Å². The van der Waals surface area contributed by atoms with Gasteiger partial charge in [-0.2, -0.15) is 5.10 Å². The van der Waals surface area contributed by atoms with E-state index in [-0.39, 0.29) is 12.3 Å². The van der Waals surface area contributed by atoms with Crippen molar-refractivity contribution >= 4 is 18.1 Å². The van der Waals surface area contributed by atoms with Gasteiger partial charge in [-0.25, -0.2) is 0 Å². The van der Waals surface area contributed by atoms with E-state index in [0.29, 0.717) is 11.3 Å². The van der Waals surface area contributed by atoms with Gasteiger partial charge in [0, 0.05) is 18.5 Å². The molecule has 1 aromatic heterocycles. The minimum atomic E-state index is -0.642. The summed E-state index contributed by atoms with van der Waals surface area (Å²) in [5.74, 6) is 0.676. The zero-order valence-corrected chi connectivity index (χ0v) is 19.0. The maximum atomic E-state index is 13.1. The fraction of sp³-hybridized carbons (Fsp3) is 0.192. The SMILES string of the molecule is Cc1ccc(-c2n[nH]c(=S)n2CCC(=O)NC(C)(c2ccccc2)c2ccccc2)cc1. The van der Waals surface area contributed by atoms with Crippen LogP contribution in [0.15, 0.2) is 84.9 Å². The normalized spacial score (nSPS) is 11.3. The number of benzene rings is 3. The number of rotatable bonds is 7. The molecule has 4 rings (SSSR count). The number of aryl methyl sites for hydroxylation is 1. The lowest BCUT2D eigenvalue weighted by Gasteiger charge is -2.32. The third-order valence-corrected chi connectivity index (χ3v) is 6.03. The molecule has 0 radical (unpaired) electrons. The summed E-state index contributed by atoms with van der Waals surface area (Å²) < 4.78 is 2.38. The Morgan fingerprint density at radius 1 is 0.969 bits per heavy atom. The molecule has 3 aromatic carbocycles. The Hall–Kier alpha value is -3.51. The highest BCUT2D eigenvalue weighted by atomic mass is 32.1. The predicted octanol–water partition coefficient (Wildman–Crippen LogP) is 5.39. The number of H-pyrrole nitrogens is 1. The number of aromatic amines is 1. The van der Waals surface area contributed by atoms with Crippen molar-refractivity contribution in [2.75, 3.05) is 0 Å². The van der Waals surface area contributed by atoms with Gasteiger partial charge in [0.15, 0.2) is 10.6 Å². The van der Waals surface area contributed by atoms with Crippen LogP contribution in [0.3, 0.4) is 0 Å². The van der Waals surface area contributed by atoms with Crippen LogP contribution in [0.1, 0.15) is 30.0 Å². The Bertz CT molecular complexity index is 1200. The average Bonchev–Trinajstić information content (AvgIpc) is 3.19. The van der Waals surface area contributed by atoms with Crippen molar-refractivity contribution in [2.45, 2.75) is 32.4 Å². The summed E-state index contributed by atoms with van der Waals surface area (Å²) in [6.45, 7) is 4.52. The molecule has 0 bridgehead atoms. The number of nitrogens with one attached hydrogen (secondary N) is 2. The lowest BCUT2D eigenvalue weighted by molar-refractivity contribution is -0.122. The van der Waals surface area contributed by atoms with Crippen molar-refractivity contribution in [3.8, 4) is 11.4 Å². The molecule has 6 heteroatoms. The van der Waals surface area contributed by atoms with Crippen molar-refractivity contribution in [3.05, 3.63) is 106 Å². The number of carbonyl (C=O) groups excluding carboxylic acids is 1. The van der Waals surface area contributed by atoms with Crippen molar-refractivity contribution in [3.63, 3.8) is 0 Å². The van der Waals surface area contributed by atoms with E-state index in [1.54, 1.807) is 0 Å². The Morgan fingerprint density at radius 2 is 1.53 bits per heavy atom. The van der Waals surface area contributed by atoms with Crippen LogP contribution in [0.5, 0.6) is 0 Å². The zero-order chi connectivity index (χ0) is 22.6. The van der Waals surface area contributed by atoms with Gasteiger partial charge in [0.05, 0.1) is 5.54 Å². The summed E-state index contributed by atoms with van der Waals surface area (Å²) in [5.41, 5.74) is 3.55. The molecule has 0 aliphatic heterocycles. The molecule has 1 heterocycles. The van der Waals surface area contributed by atoms with Crippen LogP contribution >= 0.6 is 12.2 Å². The number of carbonyl (C=O) groups is 1. The Labute approximate surface area is 193 Å². The van der Waals surface area contributed by atoms with Crippen LogP contribution in [-0.2, 0) is 16.9 Å². The second kappa shape index (κ2) is 9.32. The summed E-state index contributed by atoms with van der Waals surface area (Å²) in [4.78, 5) is 13.1. The van der Waals surface area contributed by atoms with E-state index in [0.717, 1.165) is 22.5 Å². The number of amides is 1. The Balaban J connectivity index is 1.55. The molecule has 1 amide bonds. The van der Waals surface area contributed by atoms with Crippen LogP contribution in [0.4, 0.5) is 0 Å². The lowest BCUT2D eigenvalue weighted by atomic mass is 9.84. The van der Waals surface area contributed by atoms with Crippen LogP contribution in [-0.4, -0.2) is 20.7 Å². The molecule has 32 heavy (non-hydrogen) atoms. The van der Waals surface area contributed by atoms with Crippen molar-refractivity contribution in [2.24, 2.45) is 0 Å². The molecule has 162 valence electrons. The highest BCUT2D eigenvalue weighted by Gasteiger charge is 2.30. The first kappa shape index (κ1) is 21.7. The molecule has 0 aliphatic carbocycles. The number of hydrogen-bond donors (Lipinski definition) is 2. The van der Waals surface area contributed by atoms with E-state index < -0.39 is 5.54 Å². The molecule has 4 aromatic rings. The van der Waals surface area contributed by atoms with Crippen molar-refractivity contribution in [1.82, 2.24) is 20.1 Å². The minimum absolute atomic E-state index is 0.0573. The quantitative estimate of drug-likeness (QED) is 0.378. The molecule has 2 N–H and O–H groups in total. The third-order valence-electron chi connectivity index (χ3n) is 5.72. The molecule has 0 saturated heterocycles. The molecular formula is C26H26N4OS. The number of nitrogens with zero attached hydrogens (tertiary/aromatic N) is 2. The minimum Gasteiger partial charge on any atom is -0.343 e. The summed E-state index contributed by atoms with van der Waals surface area (Å²) in [7, 11) is 0. The van der Waals surface area contributed by atoms with Crippen LogP contribution in [0.25, 0.3) is 11.4 Å². The van der Waals surface area contributed by atoms with Gasteiger partial charge in [-0.1, -0.05) is 90.5 Å². The summed E-state index contributed by atoms with van der Waals surface area (Å²) in [6.07, 6.45) is 0.280.